The van der Waals surface area contributed by atoms with Gasteiger partial charge in [0, 0.05) is 12.1 Å². The van der Waals surface area contributed by atoms with Crippen molar-refractivity contribution < 1.29 is 23.8 Å². The number of nitrogen functional groups attached to an aromatic ring is 1. The molecule has 0 saturated carbocycles. The van der Waals surface area contributed by atoms with Gasteiger partial charge in [-0.3, -0.25) is 14.2 Å². The maximum Gasteiger partial charge on any atom is 0.352 e. The van der Waals surface area contributed by atoms with Gasteiger partial charge in [-0.2, -0.15) is 4.98 Å². The van der Waals surface area contributed by atoms with Gasteiger partial charge in [0.05, 0.1) is 18.4 Å². The number of carbonyl (C=O) groups excluding carboxylic acids is 2. The fourth-order valence-corrected chi connectivity index (χ4v) is 2.80. The molecule has 0 bridgehead atoms. The van der Waals surface area contributed by atoms with Gasteiger partial charge >= 0.3 is 17.6 Å². The van der Waals surface area contributed by atoms with E-state index in [4.69, 9.17) is 19.9 Å². The topological polar surface area (TPSA) is 123 Å². The Bertz CT molecular complexity index is 760. The smallest absolute Gasteiger partial charge is 0.352 e. The SMILES string of the molecule is CC(C)C(=O)OCC1(n2ccc(N)nc2=O)OCC(C)C1OC(=O)C(C)C. The molecule has 0 amide bonds. The number of nitrogens with zero attached hydrogens (tertiary/aromatic N) is 2. The minimum atomic E-state index is -1.51. The summed E-state index contributed by atoms with van der Waals surface area (Å²) in [7, 11) is 0. The number of hydrogen-bond acceptors (Lipinski definition) is 8. The van der Waals surface area contributed by atoms with E-state index in [-0.39, 0.29) is 36.8 Å². The number of anilines is 1. The molecule has 9 nitrogen and oxygen atoms in total. The van der Waals surface area contributed by atoms with Gasteiger partial charge in [0.1, 0.15) is 12.4 Å². The van der Waals surface area contributed by atoms with Gasteiger partial charge in [-0.05, 0) is 6.07 Å². The number of esters is 2. The number of nitrogens with two attached hydrogens (primary N) is 1. The second-order valence-corrected chi connectivity index (χ2v) is 7.41. The summed E-state index contributed by atoms with van der Waals surface area (Å²) in [5.74, 6) is -1.80. The van der Waals surface area contributed by atoms with Gasteiger partial charge in [-0.25, -0.2) is 4.79 Å². The van der Waals surface area contributed by atoms with Crippen molar-refractivity contribution in [3.05, 3.63) is 22.7 Å². The first kappa shape index (κ1) is 20.9. The molecule has 1 aliphatic heterocycles. The lowest BCUT2D eigenvalue weighted by Crippen LogP contribution is -2.54. The summed E-state index contributed by atoms with van der Waals surface area (Å²) in [6, 6.07) is 1.43. The maximum atomic E-state index is 12.5. The van der Waals surface area contributed by atoms with Crippen LogP contribution in [0.1, 0.15) is 34.6 Å². The third kappa shape index (κ3) is 4.29. The van der Waals surface area contributed by atoms with Crippen molar-refractivity contribution in [1.29, 1.82) is 0 Å². The summed E-state index contributed by atoms with van der Waals surface area (Å²) >= 11 is 0. The Labute approximate surface area is 157 Å². The van der Waals surface area contributed by atoms with Crippen molar-refractivity contribution >= 4 is 17.8 Å². The molecule has 2 N–H and O–H groups in total. The van der Waals surface area contributed by atoms with Crippen LogP contribution in [-0.2, 0) is 29.5 Å². The van der Waals surface area contributed by atoms with Crippen LogP contribution in [0.2, 0.25) is 0 Å². The van der Waals surface area contributed by atoms with E-state index in [1.54, 1.807) is 27.7 Å². The Morgan fingerprint density at radius 1 is 1.33 bits per heavy atom. The van der Waals surface area contributed by atoms with Crippen LogP contribution < -0.4 is 11.4 Å². The summed E-state index contributed by atoms with van der Waals surface area (Å²) in [5, 5.41) is 0. The van der Waals surface area contributed by atoms with E-state index in [1.165, 1.54) is 16.8 Å². The highest BCUT2D eigenvalue weighted by Gasteiger charge is 2.54. The standard InChI is InChI=1S/C18H27N3O6/c1-10(2)15(22)25-9-18(21-7-6-13(19)20-17(21)24)14(12(5)8-26-18)27-16(23)11(3)4/h6-7,10-12,14H,8-9H2,1-5H3,(H2,19,20,24). The predicted octanol–water partition coefficient (Wildman–Crippen LogP) is 0.912. The van der Waals surface area contributed by atoms with Crippen LogP contribution in [0.5, 0.6) is 0 Å². The van der Waals surface area contributed by atoms with Crippen LogP contribution >= 0.6 is 0 Å². The van der Waals surface area contributed by atoms with Crippen LogP contribution in [0, 0.1) is 17.8 Å². The third-order valence-corrected chi connectivity index (χ3v) is 4.40. The van der Waals surface area contributed by atoms with E-state index in [2.05, 4.69) is 4.98 Å². The molecular weight excluding hydrogens is 354 g/mol. The Morgan fingerprint density at radius 2 is 1.96 bits per heavy atom. The lowest BCUT2D eigenvalue weighted by molar-refractivity contribution is -0.197. The van der Waals surface area contributed by atoms with Crippen LogP contribution in [-0.4, -0.2) is 40.8 Å². The molecule has 0 aliphatic carbocycles. The minimum Gasteiger partial charge on any atom is -0.460 e. The Hall–Kier alpha value is -2.42. The lowest BCUT2D eigenvalue weighted by Gasteiger charge is -2.35. The van der Waals surface area contributed by atoms with Crippen molar-refractivity contribution in [3.8, 4) is 0 Å². The summed E-state index contributed by atoms with van der Waals surface area (Å²) < 4.78 is 18.1. The zero-order chi connectivity index (χ0) is 20.4. The van der Waals surface area contributed by atoms with Gasteiger partial charge in [-0.1, -0.05) is 34.6 Å². The number of ether oxygens (including phenoxy) is 3. The van der Waals surface area contributed by atoms with Gasteiger partial charge < -0.3 is 19.9 Å². The second kappa shape index (κ2) is 8.08. The van der Waals surface area contributed by atoms with Gasteiger partial charge in [-0.15, -0.1) is 0 Å². The first-order valence-corrected chi connectivity index (χ1v) is 8.95. The maximum absolute atomic E-state index is 12.5. The largest absolute Gasteiger partial charge is 0.460 e. The first-order chi connectivity index (χ1) is 12.6. The predicted molar refractivity (Wildman–Crippen MR) is 96.5 cm³/mol. The molecule has 1 fully saturated rings. The zero-order valence-electron chi connectivity index (χ0n) is 16.3. The summed E-state index contributed by atoms with van der Waals surface area (Å²) in [6.07, 6.45) is 0.567. The van der Waals surface area contributed by atoms with E-state index in [0.717, 1.165) is 0 Å². The quantitative estimate of drug-likeness (QED) is 0.722. The molecule has 1 aromatic rings. The van der Waals surface area contributed by atoms with Gasteiger partial charge in [0.2, 0.25) is 5.72 Å². The van der Waals surface area contributed by atoms with E-state index in [9.17, 15) is 14.4 Å². The van der Waals surface area contributed by atoms with Crippen LogP contribution in [0.4, 0.5) is 5.82 Å². The molecule has 2 heterocycles. The van der Waals surface area contributed by atoms with Crippen molar-refractivity contribution in [1.82, 2.24) is 9.55 Å². The lowest BCUT2D eigenvalue weighted by atomic mass is 9.98. The first-order valence-electron chi connectivity index (χ1n) is 8.95. The highest BCUT2D eigenvalue weighted by atomic mass is 16.6. The number of carbonyl (C=O) groups is 2. The number of rotatable bonds is 6. The fourth-order valence-electron chi connectivity index (χ4n) is 2.80. The minimum absolute atomic E-state index is 0.0485. The summed E-state index contributed by atoms with van der Waals surface area (Å²) in [4.78, 5) is 40.5. The average molecular weight is 381 g/mol. The third-order valence-electron chi connectivity index (χ3n) is 4.40. The molecule has 27 heavy (non-hydrogen) atoms. The molecule has 1 saturated heterocycles. The number of hydrogen-bond donors (Lipinski definition) is 1. The van der Waals surface area contributed by atoms with Crippen molar-refractivity contribution in [2.45, 2.75) is 46.4 Å². The van der Waals surface area contributed by atoms with Crippen molar-refractivity contribution in [2.24, 2.45) is 17.8 Å². The van der Waals surface area contributed by atoms with Crippen molar-refractivity contribution in [3.63, 3.8) is 0 Å². The van der Waals surface area contributed by atoms with Gasteiger partial charge in [0.15, 0.2) is 6.10 Å². The molecule has 0 spiro atoms. The Balaban J connectivity index is 2.49. The fraction of sp³-hybridized carbons (Fsp3) is 0.667. The van der Waals surface area contributed by atoms with E-state index in [0.29, 0.717) is 0 Å². The van der Waals surface area contributed by atoms with E-state index < -0.39 is 29.5 Å². The highest BCUT2D eigenvalue weighted by Crippen LogP contribution is 2.37. The van der Waals surface area contributed by atoms with E-state index in [1.807, 2.05) is 6.92 Å². The zero-order valence-corrected chi connectivity index (χ0v) is 16.3. The molecular formula is C18H27N3O6. The number of aromatic nitrogens is 2. The second-order valence-electron chi connectivity index (χ2n) is 7.41. The molecule has 9 heteroatoms. The van der Waals surface area contributed by atoms with Crippen LogP contribution in [0.15, 0.2) is 17.1 Å². The average Bonchev–Trinajstić information content (AvgIpc) is 2.89. The molecule has 1 aromatic heterocycles. The van der Waals surface area contributed by atoms with Crippen LogP contribution in [0.25, 0.3) is 0 Å². The molecule has 150 valence electrons. The molecule has 0 radical (unpaired) electrons. The summed E-state index contributed by atoms with van der Waals surface area (Å²) in [5.41, 5.74) is 3.39. The molecule has 1 aliphatic rings. The monoisotopic (exact) mass is 381 g/mol. The molecule has 0 aromatic carbocycles. The van der Waals surface area contributed by atoms with Gasteiger partial charge in [0.25, 0.3) is 0 Å². The normalized spacial score (nSPS) is 25.0. The summed E-state index contributed by atoms with van der Waals surface area (Å²) in [6.45, 7) is 8.56. The van der Waals surface area contributed by atoms with Crippen LogP contribution in [0.3, 0.4) is 0 Å². The molecule has 3 unspecified atom stereocenters. The molecule has 2 rings (SSSR count). The van der Waals surface area contributed by atoms with Crippen molar-refractivity contribution in [2.75, 3.05) is 18.9 Å². The highest BCUT2D eigenvalue weighted by molar-refractivity contribution is 5.72. The molecule has 3 atom stereocenters. The Morgan fingerprint density at radius 3 is 2.52 bits per heavy atom. The van der Waals surface area contributed by atoms with E-state index >= 15 is 0 Å². The Kier molecular flexibility index (Phi) is 6.25.